The van der Waals surface area contributed by atoms with Crippen molar-refractivity contribution in [1.29, 1.82) is 0 Å². The Kier molecular flexibility index (Phi) is 4.58. The van der Waals surface area contributed by atoms with Crippen LogP contribution in [0.5, 0.6) is 5.75 Å². The van der Waals surface area contributed by atoms with Gasteiger partial charge in [0.05, 0.1) is 5.54 Å². The van der Waals surface area contributed by atoms with Crippen LogP contribution in [-0.2, 0) is 4.79 Å². The van der Waals surface area contributed by atoms with E-state index in [0.717, 1.165) is 5.75 Å². The zero-order valence-corrected chi connectivity index (χ0v) is 10.8. The standard InChI is InChI=1S/C13H16ClNO2/c1-4-12(16)15-13(2,3)9-17-11-7-5-10(14)6-8-11/h4-8H,1,9H2,2-3H3,(H,15,16). The minimum absolute atomic E-state index is 0.213. The summed E-state index contributed by atoms with van der Waals surface area (Å²) < 4.78 is 5.56. The third kappa shape index (κ3) is 4.91. The first kappa shape index (κ1) is 13.6. The number of hydrogen-bond donors (Lipinski definition) is 1. The molecule has 0 saturated heterocycles. The summed E-state index contributed by atoms with van der Waals surface area (Å²) in [5, 5.41) is 3.44. The zero-order valence-electron chi connectivity index (χ0n) is 10.00. The van der Waals surface area contributed by atoms with Crippen LogP contribution in [0.2, 0.25) is 5.02 Å². The summed E-state index contributed by atoms with van der Waals surface area (Å²) in [5.41, 5.74) is -0.453. The van der Waals surface area contributed by atoms with Crippen LogP contribution in [0.3, 0.4) is 0 Å². The van der Waals surface area contributed by atoms with Crippen LogP contribution in [0.1, 0.15) is 13.8 Å². The van der Waals surface area contributed by atoms with E-state index in [1.54, 1.807) is 24.3 Å². The normalized spacial score (nSPS) is 10.8. The first-order valence-corrected chi connectivity index (χ1v) is 5.64. The molecule has 0 fully saturated rings. The molecule has 0 aliphatic rings. The molecule has 1 N–H and O–H groups in total. The summed E-state index contributed by atoms with van der Waals surface area (Å²) in [5.74, 6) is 0.505. The largest absolute Gasteiger partial charge is 0.491 e. The fourth-order valence-corrected chi connectivity index (χ4v) is 1.34. The Morgan fingerprint density at radius 3 is 2.59 bits per heavy atom. The molecule has 0 radical (unpaired) electrons. The number of hydrogen-bond acceptors (Lipinski definition) is 2. The van der Waals surface area contributed by atoms with Gasteiger partial charge in [0.2, 0.25) is 5.91 Å². The van der Waals surface area contributed by atoms with E-state index in [9.17, 15) is 4.79 Å². The number of carbonyl (C=O) groups excluding carboxylic acids is 1. The van der Waals surface area contributed by atoms with Crippen molar-refractivity contribution in [3.63, 3.8) is 0 Å². The fraction of sp³-hybridized carbons (Fsp3) is 0.308. The van der Waals surface area contributed by atoms with Crippen molar-refractivity contribution in [2.45, 2.75) is 19.4 Å². The molecular weight excluding hydrogens is 238 g/mol. The van der Waals surface area contributed by atoms with Crippen molar-refractivity contribution in [3.05, 3.63) is 41.9 Å². The molecule has 1 aromatic carbocycles. The van der Waals surface area contributed by atoms with Crippen molar-refractivity contribution >= 4 is 17.5 Å². The Balaban J connectivity index is 2.51. The van der Waals surface area contributed by atoms with Crippen LogP contribution in [-0.4, -0.2) is 18.1 Å². The van der Waals surface area contributed by atoms with E-state index < -0.39 is 5.54 Å². The molecule has 4 heteroatoms. The van der Waals surface area contributed by atoms with Crippen molar-refractivity contribution in [2.24, 2.45) is 0 Å². The highest BCUT2D eigenvalue weighted by Crippen LogP contribution is 2.16. The van der Waals surface area contributed by atoms with Crippen LogP contribution >= 0.6 is 11.6 Å². The number of benzene rings is 1. The summed E-state index contributed by atoms with van der Waals surface area (Å²) >= 11 is 5.77. The van der Waals surface area contributed by atoms with Gasteiger partial charge in [-0.1, -0.05) is 18.2 Å². The SMILES string of the molecule is C=CC(=O)NC(C)(C)COc1ccc(Cl)cc1. The summed E-state index contributed by atoms with van der Waals surface area (Å²) in [4.78, 5) is 11.2. The Bertz CT molecular complexity index is 398. The number of halogens is 1. The maximum absolute atomic E-state index is 11.2. The number of ether oxygens (including phenoxy) is 1. The van der Waals surface area contributed by atoms with Gasteiger partial charge in [0.15, 0.2) is 0 Å². The summed E-state index contributed by atoms with van der Waals surface area (Å²) in [6.45, 7) is 7.53. The lowest BCUT2D eigenvalue weighted by molar-refractivity contribution is -0.118. The Morgan fingerprint density at radius 2 is 2.06 bits per heavy atom. The lowest BCUT2D eigenvalue weighted by Crippen LogP contribution is -2.47. The first-order valence-electron chi connectivity index (χ1n) is 5.26. The van der Waals surface area contributed by atoms with Gasteiger partial charge in [-0.2, -0.15) is 0 Å². The number of amides is 1. The quantitative estimate of drug-likeness (QED) is 0.820. The molecule has 0 atom stereocenters. The zero-order chi connectivity index (χ0) is 12.9. The minimum atomic E-state index is -0.453. The molecule has 0 aliphatic carbocycles. The molecule has 0 heterocycles. The van der Waals surface area contributed by atoms with Crippen LogP contribution in [0, 0.1) is 0 Å². The van der Waals surface area contributed by atoms with E-state index in [0.29, 0.717) is 11.6 Å². The van der Waals surface area contributed by atoms with Crippen molar-refractivity contribution in [2.75, 3.05) is 6.61 Å². The molecular formula is C13H16ClNO2. The van der Waals surface area contributed by atoms with E-state index >= 15 is 0 Å². The fourth-order valence-electron chi connectivity index (χ4n) is 1.22. The van der Waals surface area contributed by atoms with E-state index in [4.69, 9.17) is 16.3 Å². The summed E-state index contributed by atoms with van der Waals surface area (Å²) in [6.07, 6.45) is 1.24. The average Bonchev–Trinajstić information content (AvgIpc) is 2.28. The van der Waals surface area contributed by atoms with Gasteiger partial charge in [0, 0.05) is 5.02 Å². The molecule has 0 bridgehead atoms. The van der Waals surface area contributed by atoms with Gasteiger partial charge in [-0.25, -0.2) is 0 Å². The number of rotatable bonds is 5. The molecule has 0 aromatic heterocycles. The van der Waals surface area contributed by atoms with Crippen molar-refractivity contribution < 1.29 is 9.53 Å². The summed E-state index contributed by atoms with van der Waals surface area (Å²) in [7, 11) is 0. The highest BCUT2D eigenvalue weighted by molar-refractivity contribution is 6.30. The lowest BCUT2D eigenvalue weighted by Gasteiger charge is -2.25. The monoisotopic (exact) mass is 253 g/mol. The van der Waals surface area contributed by atoms with Crippen molar-refractivity contribution in [3.8, 4) is 5.75 Å². The van der Waals surface area contributed by atoms with E-state index in [1.165, 1.54) is 6.08 Å². The molecule has 3 nitrogen and oxygen atoms in total. The van der Waals surface area contributed by atoms with Gasteiger partial charge in [-0.15, -0.1) is 0 Å². The van der Waals surface area contributed by atoms with Gasteiger partial charge in [0.25, 0.3) is 0 Å². The first-order chi connectivity index (χ1) is 7.93. The van der Waals surface area contributed by atoms with E-state index in [-0.39, 0.29) is 5.91 Å². The third-order valence-electron chi connectivity index (χ3n) is 2.06. The van der Waals surface area contributed by atoms with Gasteiger partial charge < -0.3 is 10.1 Å². The molecule has 1 rings (SSSR count). The highest BCUT2D eigenvalue weighted by Gasteiger charge is 2.20. The van der Waals surface area contributed by atoms with Gasteiger partial charge in [-0.05, 0) is 44.2 Å². The van der Waals surface area contributed by atoms with E-state index in [1.807, 2.05) is 13.8 Å². The second kappa shape index (κ2) is 5.73. The topological polar surface area (TPSA) is 38.3 Å². The molecule has 1 aromatic rings. The smallest absolute Gasteiger partial charge is 0.243 e. The van der Waals surface area contributed by atoms with Gasteiger partial charge in [-0.3, -0.25) is 4.79 Å². The molecule has 1 amide bonds. The number of carbonyl (C=O) groups is 1. The number of nitrogens with one attached hydrogen (secondary N) is 1. The van der Waals surface area contributed by atoms with Crippen LogP contribution in [0.4, 0.5) is 0 Å². The highest BCUT2D eigenvalue weighted by atomic mass is 35.5. The van der Waals surface area contributed by atoms with E-state index in [2.05, 4.69) is 11.9 Å². The maximum Gasteiger partial charge on any atom is 0.243 e. The summed E-state index contributed by atoms with van der Waals surface area (Å²) in [6, 6.07) is 7.08. The predicted octanol–water partition coefficient (Wildman–Crippen LogP) is 2.80. The van der Waals surface area contributed by atoms with Crippen LogP contribution in [0.25, 0.3) is 0 Å². The molecule has 17 heavy (non-hydrogen) atoms. The van der Waals surface area contributed by atoms with Crippen LogP contribution in [0.15, 0.2) is 36.9 Å². The Morgan fingerprint density at radius 1 is 1.47 bits per heavy atom. The Labute approximate surface area is 106 Å². The molecule has 0 spiro atoms. The van der Waals surface area contributed by atoms with Crippen molar-refractivity contribution in [1.82, 2.24) is 5.32 Å². The molecule has 0 saturated carbocycles. The lowest BCUT2D eigenvalue weighted by atomic mass is 10.1. The van der Waals surface area contributed by atoms with Gasteiger partial charge >= 0.3 is 0 Å². The van der Waals surface area contributed by atoms with Gasteiger partial charge in [0.1, 0.15) is 12.4 Å². The van der Waals surface area contributed by atoms with Crippen LogP contribution < -0.4 is 10.1 Å². The molecule has 0 unspecified atom stereocenters. The minimum Gasteiger partial charge on any atom is -0.491 e. The molecule has 92 valence electrons. The third-order valence-corrected chi connectivity index (χ3v) is 2.31. The average molecular weight is 254 g/mol. The Hall–Kier alpha value is -1.48. The second-order valence-corrected chi connectivity index (χ2v) is 4.76. The maximum atomic E-state index is 11.2. The predicted molar refractivity (Wildman–Crippen MR) is 69.4 cm³/mol. The second-order valence-electron chi connectivity index (χ2n) is 4.32. The molecule has 0 aliphatic heterocycles.